The molecule has 3 heterocycles. The summed E-state index contributed by atoms with van der Waals surface area (Å²) in [6.45, 7) is 3.84. The van der Waals surface area contributed by atoms with Gasteiger partial charge < -0.3 is 14.6 Å². The smallest absolute Gasteiger partial charge is 0.141 e. The third-order valence-electron chi connectivity index (χ3n) is 4.94. The fraction of sp³-hybridized carbons (Fsp3) is 0.688. The average Bonchev–Trinajstić information content (AvgIpc) is 2.48. The number of nitrogens with zero attached hydrogens (tertiary/aromatic N) is 1. The van der Waals surface area contributed by atoms with E-state index in [9.17, 15) is 9.50 Å². The second-order valence-corrected chi connectivity index (χ2v) is 6.34. The summed E-state index contributed by atoms with van der Waals surface area (Å²) in [5.41, 5.74) is -0.716. The Labute approximate surface area is 124 Å². The van der Waals surface area contributed by atoms with Crippen LogP contribution in [0.3, 0.4) is 0 Å². The molecular formula is C16H22FNO3. The van der Waals surface area contributed by atoms with E-state index in [2.05, 4.69) is 4.98 Å². The van der Waals surface area contributed by atoms with Gasteiger partial charge in [0.15, 0.2) is 0 Å². The average molecular weight is 295 g/mol. The molecule has 4 nitrogen and oxygen atoms in total. The summed E-state index contributed by atoms with van der Waals surface area (Å²) >= 11 is 0. The van der Waals surface area contributed by atoms with Crippen molar-refractivity contribution in [2.45, 2.75) is 43.8 Å². The quantitative estimate of drug-likeness (QED) is 0.910. The van der Waals surface area contributed by atoms with Crippen LogP contribution in [0.5, 0.6) is 0 Å². The van der Waals surface area contributed by atoms with Gasteiger partial charge in [-0.3, -0.25) is 4.98 Å². The van der Waals surface area contributed by atoms with Crippen LogP contribution in [0, 0.1) is 11.7 Å². The van der Waals surface area contributed by atoms with Gasteiger partial charge in [0, 0.05) is 19.8 Å². The predicted molar refractivity (Wildman–Crippen MR) is 75.2 cm³/mol. The number of aliphatic hydroxyl groups is 1. The third-order valence-corrected chi connectivity index (χ3v) is 4.94. The highest BCUT2D eigenvalue weighted by molar-refractivity contribution is 5.15. The molecule has 0 radical (unpaired) electrons. The Balaban J connectivity index is 1.79. The van der Waals surface area contributed by atoms with Crippen molar-refractivity contribution in [2.24, 2.45) is 5.92 Å². The zero-order chi connectivity index (χ0) is 14.9. The minimum atomic E-state index is -1.07. The number of halogens is 1. The SMILES string of the molecule is CC(O)(c1ccc(F)cn1)C1CCOC2(CCOCC2)C1. The van der Waals surface area contributed by atoms with Crippen LogP contribution in [0.15, 0.2) is 18.3 Å². The molecule has 1 spiro atoms. The first-order valence-corrected chi connectivity index (χ1v) is 7.58. The second-order valence-electron chi connectivity index (χ2n) is 6.34. The topological polar surface area (TPSA) is 51.6 Å². The lowest BCUT2D eigenvalue weighted by atomic mass is 9.72. The molecule has 1 aromatic rings. The van der Waals surface area contributed by atoms with Crippen LogP contribution in [-0.4, -0.2) is 35.5 Å². The molecule has 116 valence electrons. The lowest BCUT2D eigenvalue weighted by Gasteiger charge is -2.47. The Kier molecular flexibility index (Phi) is 3.99. The van der Waals surface area contributed by atoms with Crippen LogP contribution in [-0.2, 0) is 15.1 Å². The number of aromatic nitrogens is 1. The Morgan fingerprint density at radius 3 is 2.76 bits per heavy atom. The zero-order valence-corrected chi connectivity index (χ0v) is 12.3. The van der Waals surface area contributed by atoms with Crippen molar-refractivity contribution in [1.29, 1.82) is 0 Å². The molecular weight excluding hydrogens is 273 g/mol. The summed E-state index contributed by atoms with van der Waals surface area (Å²) in [5, 5.41) is 10.9. The first kappa shape index (κ1) is 14.9. The molecule has 2 aliphatic heterocycles. The zero-order valence-electron chi connectivity index (χ0n) is 12.3. The molecule has 2 atom stereocenters. The van der Waals surface area contributed by atoms with Crippen molar-refractivity contribution in [3.8, 4) is 0 Å². The fourth-order valence-corrected chi connectivity index (χ4v) is 3.48. The number of hydrogen-bond donors (Lipinski definition) is 1. The highest BCUT2D eigenvalue weighted by Crippen LogP contribution is 2.44. The molecule has 0 amide bonds. The van der Waals surface area contributed by atoms with Crippen LogP contribution in [0.25, 0.3) is 0 Å². The Morgan fingerprint density at radius 1 is 1.33 bits per heavy atom. The van der Waals surface area contributed by atoms with Crippen LogP contribution >= 0.6 is 0 Å². The van der Waals surface area contributed by atoms with Gasteiger partial charge in [-0.05, 0) is 50.7 Å². The standard InChI is InChI=1S/C16H22FNO3/c1-15(19,14-3-2-13(17)11-18-14)12-4-7-21-16(10-12)5-8-20-9-6-16/h2-3,11-12,19H,4-10H2,1H3. The van der Waals surface area contributed by atoms with E-state index in [1.54, 1.807) is 13.0 Å². The monoisotopic (exact) mass is 295 g/mol. The molecule has 1 N–H and O–H groups in total. The van der Waals surface area contributed by atoms with Gasteiger partial charge in [0.2, 0.25) is 0 Å². The summed E-state index contributed by atoms with van der Waals surface area (Å²) in [6.07, 6.45) is 4.48. The van der Waals surface area contributed by atoms with Crippen molar-refractivity contribution in [1.82, 2.24) is 4.98 Å². The van der Waals surface area contributed by atoms with E-state index >= 15 is 0 Å². The largest absolute Gasteiger partial charge is 0.384 e. The summed E-state index contributed by atoms with van der Waals surface area (Å²) in [7, 11) is 0. The van der Waals surface area contributed by atoms with Crippen molar-refractivity contribution in [3.63, 3.8) is 0 Å². The molecule has 5 heteroatoms. The maximum absolute atomic E-state index is 13.0. The molecule has 0 aromatic carbocycles. The van der Waals surface area contributed by atoms with E-state index in [0.29, 0.717) is 25.5 Å². The number of rotatable bonds is 2. The molecule has 2 unspecified atom stereocenters. The molecule has 21 heavy (non-hydrogen) atoms. The highest BCUT2D eigenvalue weighted by atomic mass is 19.1. The summed E-state index contributed by atoms with van der Waals surface area (Å²) in [5.74, 6) is -0.329. The minimum Gasteiger partial charge on any atom is -0.384 e. The van der Waals surface area contributed by atoms with E-state index in [1.807, 2.05) is 0 Å². The summed E-state index contributed by atoms with van der Waals surface area (Å²) < 4.78 is 24.5. The normalized spacial score (nSPS) is 28.2. The molecule has 0 aliphatic carbocycles. The molecule has 2 fully saturated rings. The van der Waals surface area contributed by atoms with Crippen LogP contribution < -0.4 is 0 Å². The maximum atomic E-state index is 13.0. The molecule has 1 aromatic heterocycles. The van der Waals surface area contributed by atoms with Crippen LogP contribution in [0.4, 0.5) is 4.39 Å². The molecule has 3 rings (SSSR count). The highest BCUT2D eigenvalue weighted by Gasteiger charge is 2.45. The predicted octanol–water partition coefficient (Wildman–Crippen LogP) is 2.40. The van der Waals surface area contributed by atoms with E-state index in [0.717, 1.165) is 31.9 Å². The molecule has 0 bridgehead atoms. The number of ether oxygens (including phenoxy) is 2. The van der Waals surface area contributed by atoms with Gasteiger partial charge in [-0.2, -0.15) is 0 Å². The molecule has 2 saturated heterocycles. The van der Waals surface area contributed by atoms with E-state index in [-0.39, 0.29) is 17.3 Å². The first-order chi connectivity index (χ1) is 10.0. The number of pyridine rings is 1. The second kappa shape index (κ2) is 5.63. The Hall–Kier alpha value is -1.04. The van der Waals surface area contributed by atoms with Crippen LogP contribution in [0.2, 0.25) is 0 Å². The maximum Gasteiger partial charge on any atom is 0.141 e. The van der Waals surface area contributed by atoms with Crippen molar-refractivity contribution in [2.75, 3.05) is 19.8 Å². The molecule has 0 saturated carbocycles. The van der Waals surface area contributed by atoms with Gasteiger partial charge >= 0.3 is 0 Å². The Morgan fingerprint density at radius 2 is 2.10 bits per heavy atom. The van der Waals surface area contributed by atoms with Crippen LogP contribution in [0.1, 0.15) is 38.3 Å². The van der Waals surface area contributed by atoms with Gasteiger partial charge in [-0.25, -0.2) is 4.39 Å². The van der Waals surface area contributed by atoms with E-state index < -0.39 is 5.60 Å². The van der Waals surface area contributed by atoms with Crippen molar-refractivity contribution >= 4 is 0 Å². The summed E-state index contributed by atoms with van der Waals surface area (Å²) in [6, 6.07) is 2.92. The lowest BCUT2D eigenvalue weighted by molar-refractivity contribution is -0.174. The first-order valence-electron chi connectivity index (χ1n) is 7.58. The van der Waals surface area contributed by atoms with Gasteiger partial charge in [0.05, 0.1) is 17.5 Å². The van der Waals surface area contributed by atoms with E-state index in [4.69, 9.17) is 9.47 Å². The van der Waals surface area contributed by atoms with Gasteiger partial charge in [0.1, 0.15) is 11.4 Å². The van der Waals surface area contributed by atoms with E-state index in [1.165, 1.54) is 6.07 Å². The van der Waals surface area contributed by atoms with Gasteiger partial charge in [0.25, 0.3) is 0 Å². The third kappa shape index (κ3) is 2.96. The van der Waals surface area contributed by atoms with Gasteiger partial charge in [-0.1, -0.05) is 0 Å². The van der Waals surface area contributed by atoms with Crippen molar-refractivity contribution in [3.05, 3.63) is 29.8 Å². The Bertz CT molecular complexity index is 477. The van der Waals surface area contributed by atoms with Gasteiger partial charge in [-0.15, -0.1) is 0 Å². The fourth-order valence-electron chi connectivity index (χ4n) is 3.48. The molecule has 2 aliphatic rings. The van der Waals surface area contributed by atoms with Crippen molar-refractivity contribution < 1.29 is 19.0 Å². The minimum absolute atomic E-state index is 0.0577. The summed E-state index contributed by atoms with van der Waals surface area (Å²) in [4.78, 5) is 4.07. The number of hydrogen-bond acceptors (Lipinski definition) is 4. The lowest BCUT2D eigenvalue weighted by Crippen LogP contribution is -2.49.